The number of anilines is 2. The van der Waals surface area contributed by atoms with Crippen molar-refractivity contribution in [2.75, 3.05) is 18.1 Å². The summed E-state index contributed by atoms with van der Waals surface area (Å²) in [4.78, 5) is 46.0. The van der Waals surface area contributed by atoms with Crippen molar-refractivity contribution in [1.29, 1.82) is 0 Å². The lowest BCUT2D eigenvalue weighted by atomic mass is 10.1. The molecule has 10 nitrogen and oxygen atoms in total. The van der Waals surface area contributed by atoms with E-state index < -0.39 is 11.3 Å². The van der Waals surface area contributed by atoms with Gasteiger partial charge in [0.25, 0.3) is 5.91 Å². The van der Waals surface area contributed by atoms with E-state index in [9.17, 15) is 14.4 Å². The van der Waals surface area contributed by atoms with E-state index in [2.05, 4.69) is 25.9 Å². The third-order valence-corrected chi connectivity index (χ3v) is 5.53. The molecular weight excluding hydrogens is 482 g/mol. The van der Waals surface area contributed by atoms with E-state index in [0.717, 1.165) is 11.1 Å². The van der Waals surface area contributed by atoms with E-state index in [4.69, 9.17) is 5.73 Å². The van der Waals surface area contributed by atoms with Crippen LogP contribution in [0, 0.1) is 0 Å². The minimum absolute atomic E-state index is 0. The van der Waals surface area contributed by atoms with Crippen molar-refractivity contribution < 1.29 is 9.59 Å². The number of hydrogen-bond acceptors (Lipinski definition) is 6. The highest BCUT2D eigenvalue weighted by Crippen LogP contribution is 2.24. The summed E-state index contributed by atoms with van der Waals surface area (Å²) in [6.45, 7) is 2.66. The van der Waals surface area contributed by atoms with E-state index in [1.54, 1.807) is 41.2 Å². The molecular formula is C25H26ClN7O3. The van der Waals surface area contributed by atoms with Crippen LogP contribution in [0.1, 0.15) is 22.8 Å². The molecule has 0 fully saturated rings. The van der Waals surface area contributed by atoms with E-state index in [1.165, 1.54) is 7.05 Å². The molecule has 3 amide bonds. The molecule has 186 valence electrons. The van der Waals surface area contributed by atoms with E-state index in [0.29, 0.717) is 35.5 Å². The fourth-order valence-electron chi connectivity index (χ4n) is 3.74. The molecule has 0 spiro atoms. The number of nitrogens with zero attached hydrogens (tertiary/aromatic N) is 3. The zero-order valence-electron chi connectivity index (χ0n) is 19.7. The van der Waals surface area contributed by atoms with E-state index in [1.807, 2.05) is 31.2 Å². The highest BCUT2D eigenvalue weighted by Gasteiger charge is 2.20. The van der Waals surface area contributed by atoms with Gasteiger partial charge in [-0.3, -0.25) is 14.6 Å². The normalized spacial score (nSPS) is 10.4. The number of benzene rings is 1. The van der Waals surface area contributed by atoms with Crippen molar-refractivity contribution in [2.24, 2.45) is 0 Å². The lowest BCUT2D eigenvalue weighted by Crippen LogP contribution is -2.30. The molecule has 4 aromatic rings. The molecule has 0 atom stereocenters. The third-order valence-electron chi connectivity index (χ3n) is 5.53. The number of carbonyl (C=O) groups excluding carboxylic acids is 2. The maximum atomic E-state index is 12.9. The molecule has 11 heteroatoms. The maximum Gasteiger partial charge on any atom is 0.319 e. The number of fused-ring (bicyclic) bond motifs is 1. The Morgan fingerprint density at radius 1 is 1.08 bits per heavy atom. The number of aryl methyl sites for hydroxylation is 1. The van der Waals surface area contributed by atoms with Gasteiger partial charge in [-0.2, -0.15) is 0 Å². The van der Waals surface area contributed by atoms with Gasteiger partial charge < -0.3 is 26.3 Å². The number of pyridine rings is 3. The van der Waals surface area contributed by atoms with Crippen LogP contribution in [0.25, 0.3) is 22.3 Å². The van der Waals surface area contributed by atoms with Gasteiger partial charge in [-0.05, 0) is 42.8 Å². The molecule has 5 N–H and O–H groups in total. The quantitative estimate of drug-likeness (QED) is 0.315. The van der Waals surface area contributed by atoms with E-state index >= 15 is 0 Å². The molecule has 0 aliphatic rings. The predicted molar refractivity (Wildman–Crippen MR) is 142 cm³/mol. The second-order valence-corrected chi connectivity index (χ2v) is 7.73. The average molecular weight is 508 g/mol. The molecule has 0 unspecified atom stereocenters. The Morgan fingerprint density at radius 2 is 1.83 bits per heavy atom. The Kier molecular flexibility index (Phi) is 8.23. The van der Waals surface area contributed by atoms with Gasteiger partial charge in [0.15, 0.2) is 0 Å². The largest absolute Gasteiger partial charge is 0.384 e. The molecule has 3 aromatic heterocycles. The molecule has 0 aliphatic heterocycles. The number of aromatic nitrogens is 3. The van der Waals surface area contributed by atoms with Gasteiger partial charge in [-0.15, -0.1) is 12.4 Å². The van der Waals surface area contributed by atoms with E-state index in [-0.39, 0.29) is 29.8 Å². The number of rotatable bonds is 6. The molecule has 0 radical (unpaired) electrons. The van der Waals surface area contributed by atoms with Crippen LogP contribution >= 0.6 is 12.4 Å². The van der Waals surface area contributed by atoms with Crippen molar-refractivity contribution in [3.05, 3.63) is 82.3 Å². The zero-order valence-corrected chi connectivity index (χ0v) is 20.6. The number of nitrogen functional groups attached to an aromatic ring is 1. The van der Waals surface area contributed by atoms with Gasteiger partial charge in [0.2, 0.25) is 5.43 Å². The SMILES string of the molecule is CCn1c(N)c(C(=O)NC)c(=O)c2ccc(-c3ccc(NC(=O)NCc4cccnc4)cc3)nc21.Cl. The number of carbonyl (C=O) groups is 2. The van der Waals surface area contributed by atoms with Crippen molar-refractivity contribution in [3.63, 3.8) is 0 Å². The topological polar surface area (TPSA) is 144 Å². The minimum Gasteiger partial charge on any atom is -0.384 e. The first-order valence-electron chi connectivity index (χ1n) is 11.0. The van der Waals surface area contributed by atoms with Crippen LogP contribution in [-0.4, -0.2) is 33.5 Å². The Labute approximate surface area is 213 Å². The number of hydrogen-bond donors (Lipinski definition) is 4. The fraction of sp³-hybridized carbons (Fsp3) is 0.160. The maximum absolute atomic E-state index is 12.9. The molecule has 1 aromatic carbocycles. The van der Waals surface area contributed by atoms with Crippen molar-refractivity contribution in [3.8, 4) is 11.3 Å². The summed E-state index contributed by atoms with van der Waals surface area (Å²) in [6, 6.07) is 13.9. The van der Waals surface area contributed by atoms with Crippen LogP contribution in [0.4, 0.5) is 16.3 Å². The lowest BCUT2D eigenvalue weighted by Gasteiger charge is -2.15. The van der Waals surface area contributed by atoms with Crippen LogP contribution in [-0.2, 0) is 13.1 Å². The third kappa shape index (κ3) is 5.28. The number of amides is 3. The highest BCUT2D eigenvalue weighted by atomic mass is 35.5. The van der Waals surface area contributed by atoms with Crippen LogP contribution < -0.4 is 27.1 Å². The van der Waals surface area contributed by atoms with Crippen LogP contribution in [0.2, 0.25) is 0 Å². The number of halogens is 1. The first-order chi connectivity index (χ1) is 16.9. The van der Waals surface area contributed by atoms with Crippen molar-refractivity contribution >= 4 is 46.9 Å². The highest BCUT2D eigenvalue weighted by molar-refractivity contribution is 6.01. The molecule has 0 bridgehead atoms. The number of nitrogens with two attached hydrogens (primary N) is 1. The predicted octanol–water partition coefficient (Wildman–Crippen LogP) is 3.16. The molecule has 4 rings (SSSR count). The smallest absolute Gasteiger partial charge is 0.319 e. The Bertz CT molecular complexity index is 1450. The summed E-state index contributed by atoms with van der Waals surface area (Å²) in [5.74, 6) is -0.459. The van der Waals surface area contributed by atoms with Gasteiger partial charge >= 0.3 is 6.03 Å². The summed E-state index contributed by atoms with van der Waals surface area (Å²) >= 11 is 0. The molecule has 36 heavy (non-hydrogen) atoms. The summed E-state index contributed by atoms with van der Waals surface area (Å²) in [6.07, 6.45) is 3.37. The Hall–Kier alpha value is -4.44. The summed E-state index contributed by atoms with van der Waals surface area (Å²) in [5, 5.41) is 8.34. The standard InChI is InChI=1S/C25H25N7O3.ClH/c1-3-32-22(26)20(24(34)27-2)21(33)18-10-11-19(31-23(18)32)16-6-8-17(9-7-16)30-25(35)29-14-15-5-4-12-28-13-15;/h4-13H,3,14,26H2,1-2H3,(H,27,34)(H2,29,30,35);1H. The van der Waals surface area contributed by atoms with Crippen molar-refractivity contribution in [2.45, 2.75) is 20.0 Å². The van der Waals surface area contributed by atoms with Crippen LogP contribution in [0.3, 0.4) is 0 Å². The second-order valence-electron chi connectivity index (χ2n) is 7.73. The minimum atomic E-state index is -0.534. The molecule has 3 heterocycles. The van der Waals surface area contributed by atoms with Gasteiger partial charge in [0.05, 0.1) is 11.1 Å². The van der Waals surface area contributed by atoms with Crippen LogP contribution in [0.5, 0.6) is 0 Å². The van der Waals surface area contributed by atoms with Gasteiger partial charge in [0, 0.05) is 43.8 Å². The van der Waals surface area contributed by atoms with Gasteiger partial charge in [-0.25, -0.2) is 9.78 Å². The van der Waals surface area contributed by atoms with Crippen LogP contribution in [0.15, 0.2) is 65.7 Å². The zero-order chi connectivity index (χ0) is 24.9. The Morgan fingerprint density at radius 3 is 2.47 bits per heavy atom. The van der Waals surface area contributed by atoms with Crippen molar-refractivity contribution in [1.82, 2.24) is 25.2 Å². The average Bonchev–Trinajstić information content (AvgIpc) is 2.88. The molecule has 0 saturated carbocycles. The fourth-order valence-corrected chi connectivity index (χ4v) is 3.74. The first kappa shape index (κ1) is 26.2. The Balaban J connectivity index is 0.00000361. The van der Waals surface area contributed by atoms with Gasteiger partial charge in [-0.1, -0.05) is 18.2 Å². The molecule has 0 saturated heterocycles. The molecule has 0 aliphatic carbocycles. The lowest BCUT2D eigenvalue weighted by molar-refractivity contribution is 0.0962. The van der Waals surface area contributed by atoms with Gasteiger partial charge in [0.1, 0.15) is 17.0 Å². The number of urea groups is 1. The second kappa shape index (κ2) is 11.3. The number of nitrogens with one attached hydrogen (secondary N) is 3. The monoisotopic (exact) mass is 507 g/mol. The first-order valence-corrected chi connectivity index (χ1v) is 11.0. The summed E-state index contributed by atoms with van der Waals surface area (Å²) in [5.41, 5.74) is 8.94. The summed E-state index contributed by atoms with van der Waals surface area (Å²) in [7, 11) is 1.45. The summed E-state index contributed by atoms with van der Waals surface area (Å²) < 4.78 is 1.65.